The Hall–Kier alpha value is -4.83. The predicted octanol–water partition coefficient (Wildman–Crippen LogP) is 4.81. The van der Waals surface area contributed by atoms with Crippen molar-refractivity contribution >= 4 is 38.9 Å². The number of carbonyl (C=O) groups is 2. The third-order valence-electron chi connectivity index (χ3n) is 5.68. The van der Waals surface area contributed by atoms with Crippen molar-refractivity contribution in [2.45, 2.75) is 11.8 Å². The Bertz CT molecular complexity index is 1580. The van der Waals surface area contributed by atoms with E-state index in [-0.39, 0.29) is 16.5 Å². The number of sulfonamides is 1. The van der Waals surface area contributed by atoms with Crippen LogP contribution in [-0.2, 0) is 14.8 Å². The molecule has 198 valence electrons. The molecule has 0 aromatic heterocycles. The van der Waals surface area contributed by atoms with Gasteiger partial charge in [-0.2, -0.15) is 5.10 Å². The molecule has 0 saturated carbocycles. The molecular formula is C29H25FN4O4S. The van der Waals surface area contributed by atoms with Crippen molar-refractivity contribution in [3.05, 3.63) is 126 Å². The number of carbonyl (C=O) groups excluding carboxylic acids is 2. The fourth-order valence-corrected chi connectivity index (χ4v) is 5.05. The summed E-state index contributed by atoms with van der Waals surface area (Å²) in [5.41, 5.74) is 4.78. The molecule has 0 spiro atoms. The lowest BCUT2D eigenvalue weighted by atomic mass is 10.1. The summed E-state index contributed by atoms with van der Waals surface area (Å²) in [6.07, 6.45) is 0. The van der Waals surface area contributed by atoms with Crippen molar-refractivity contribution in [1.29, 1.82) is 0 Å². The smallest absolute Gasteiger partial charge is 0.264 e. The first-order valence-corrected chi connectivity index (χ1v) is 13.3. The Balaban J connectivity index is 1.45. The first-order valence-electron chi connectivity index (χ1n) is 11.9. The molecule has 0 heterocycles. The van der Waals surface area contributed by atoms with Gasteiger partial charge in [-0.05, 0) is 73.2 Å². The molecule has 4 rings (SSSR count). The van der Waals surface area contributed by atoms with E-state index < -0.39 is 28.3 Å². The van der Waals surface area contributed by atoms with Crippen LogP contribution in [0, 0.1) is 5.82 Å². The van der Waals surface area contributed by atoms with Gasteiger partial charge in [-0.15, -0.1) is 0 Å². The molecule has 0 saturated heterocycles. The number of hydrazone groups is 1. The fraction of sp³-hybridized carbons (Fsp3) is 0.0690. The number of nitrogens with one attached hydrogen (secondary N) is 2. The maximum Gasteiger partial charge on any atom is 0.264 e. The van der Waals surface area contributed by atoms with E-state index in [9.17, 15) is 22.4 Å². The lowest BCUT2D eigenvalue weighted by Crippen LogP contribution is -2.39. The number of amides is 2. The van der Waals surface area contributed by atoms with Crippen molar-refractivity contribution in [1.82, 2.24) is 5.43 Å². The van der Waals surface area contributed by atoms with Gasteiger partial charge in [0, 0.05) is 11.3 Å². The van der Waals surface area contributed by atoms with Gasteiger partial charge < -0.3 is 5.32 Å². The number of hydrogen-bond donors (Lipinski definition) is 2. The summed E-state index contributed by atoms with van der Waals surface area (Å²) in [5, 5.41) is 6.90. The summed E-state index contributed by atoms with van der Waals surface area (Å²) >= 11 is 0. The first kappa shape index (κ1) is 27.2. The lowest BCUT2D eigenvalue weighted by Gasteiger charge is -2.23. The normalized spacial score (nSPS) is 11.5. The first-order chi connectivity index (χ1) is 18.7. The van der Waals surface area contributed by atoms with Crippen LogP contribution in [-0.4, -0.2) is 32.5 Å². The van der Waals surface area contributed by atoms with Crippen molar-refractivity contribution in [2.75, 3.05) is 16.2 Å². The second kappa shape index (κ2) is 12.1. The minimum Gasteiger partial charge on any atom is -0.322 e. The molecule has 0 radical (unpaired) electrons. The minimum absolute atomic E-state index is 0.0127. The largest absolute Gasteiger partial charge is 0.322 e. The van der Waals surface area contributed by atoms with Gasteiger partial charge in [-0.1, -0.05) is 48.5 Å². The molecule has 4 aromatic carbocycles. The molecular weight excluding hydrogens is 519 g/mol. The van der Waals surface area contributed by atoms with Crippen LogP contribution in [0.25, 0.3) is 0 Å². The van der Waals surface area contributed by atoms with Gasteiger partial charge in [0.2, 0.25) is 0 Å². The van der Waals surface area contributed by atoms with Crippen LogP contribution in [0.3, 0.4) is 0 Å². The summed E-state index contributed by atoms with van der Waals surface area (Å²) in [5.74, 6) is -1.46. The average molecular weight is 545 g/mol. The Morgan fingerprint density at radius 1 is 0.795 bits per heavy atom. The highest BCUT2D eigenvalue weighted by Crippen LogP contribution is 2.23. The molecule has 2 amide bonds. The molecule has 4 aromatic rings. The molecule has 39 heavy (non-hydrogen) atoms. The molecule has 0 aliphatic carbocycles. The molecule has 0 unspecified atom stereocenters. The van der Waals surface area contributed by atoms with Crippen molar-refractivity contribution < 1.29 is 22.4 Å². The van der Waals surface area contributed by atoms with E-state index in [2.05, 4.69) is 15.8 Å². The van der Waals surface area contributed by atoms with Crippen LogP contribution in [0.1, 0.15) is 22.8 Å². The van der Waals surface area contributed by atoms with E-state index >= 15 is 0 Å². The van der Waals surface area contributed by atoms with Crippen molar-refractivity contribution in [3.8, 4) is 0 Å². The van der Waals surface area contributed by atoms with Gasteiger partial charge >= 0.3 is 0 Å². The van der Waals surface area contributed by atoms with E-state index in [1.54, 1.807) is 73.7 Å². The maximum absolute atomic E-state index is 13.5. The van der Waals surface area contributed by atoms with Gasteiger partial charge in [-0.25, -0.2) is 18.2 Å². The van der Waals surface area contributed by atoms with Crippen LogP contribution in [0.5, 0.6) is 0 Å². The molecule has 8 nitrogen and oxygen atoms in total. The third kappa shape index (κ3) is 6.93. The van der Waals surface area contributed by atoms with Crippen molar-refractivity contribution in [3.63, 3.8) is 0 Å². The fourth-order valence-electron chi connectivity index (χ4n) is 3.61. The predicted molar refractivity (Wildman–Crippen MR) is 149 cm³/mol. The summed E-state index contributed by atoms with van der Waals surface area (Å²) in [6.45, 7) is 1.10. The number of halogens is 1. The second-order valence-electron chi connectivity index (χ2n) is 8.43. The number of benzene rings is 4. The minimum atomic E-state index is -4.12. The standard InChI is InChI=1S/C29H25FN4O4S/c1-21(22-12-16-25(17-13-22)31-29(36)23-8-4-2-5-9-23)32-33-28(35)20-34(26-18-14-24(30)15-19-26)39(37,38)27-10-6-3-7-11-27/h2-19H,20H2,1H3,(H,31,36)(H,33,35)/b32-21-. The van der Waals surface area contributed by atoms with Gasteiger partial charge in [0.15, 0.2) is 0 Å². The zero-order valence-electron chi connectivity index (χ0n) is 20.9. The summed E-state index contributed by atoms with van der Waals surface area (Å²) in [6, 6.07) is 28.2. The second-order valence-corrected chi connectivity index (χ2v) is 10.3. The number of rotatable bonds is 9. The highest BCUT2D eigenvalue weighted by Gasteiger charge is 2.27. The number of nitrogens with zero attached hydrogens (tertiary/aromatic N) is 2. The Kier molecular flexibility index (Phi) is 8.47. The molecule has 10 heteroatoms. The summed E-state index contributed by atoms with van der Waals surface area (Å²) in [7, 11) is -4.12. The number of hydrogen-bond acceptors (Lipinski definition) is 5. The molecule has 2 N–H and O–H groups in total. The zero-order valence-corrected chi connectivity index (χ0v) is 21.7. The highest BCUT2D eigenvalue weighted by atomic mass is 32.2. The molecule has 0 atom stereocenters. The Labute approximate surface area is 225 Å². The Morgan fingerprint density at radius 3 is 2.00 bits per heavy atom. The summed E-state index contributed by atoms with van der Waals surface area (Å²) in [4.78, 5) is 25.1. The highest BCUT2D eigenvalue weighted by molar-refractivity contribution is 7.92. The quantitative estimate of drug-likeness (QED) is 0.233. The topological polar surface area (TPSA) is 108 Å². The van der Waals surface area contributed by atoms with Gasteiger partial charge in [-0.3, -0.25) is 13.9 Å². The van der Waals surface area contributed by atoms with Gasteiger partial charge in [0.25, 0.3) is 21.8 Å². The number of anilines is 2. The van der Waals surface area contributed by atoms with E-state index in [1.807, 2.05) is 6.07 Å². The SMILES string of the molecule is C/C(=N/NC(=O)CN(c1ccc(F)cc1)S(=O)(=O)c1ccccc1)c1ccc(NC(=O)c2ccccc2)cc1. The molecule has 0 fully saturated rings. The zero-order chi connectivity index (χ0) is 27.8. The Morgan fingerprint density at radius 2 is 1.38 bits per heavy atom. The van der Waals surface area contributed by atoms with Crippen molar-refractivity contribution in [2.24, 2.45) is 5.10 Å². The summed E-state index contributed by atoms with van der Waals surface area (Å²) < 4.78 is 41.0. The molecule has 0 aliphatic heterocycles. The van der Waals surface area contributed by atoms with E-state index in [4.69, 9.17) is 0 Å². The maximum atomic E-state index is 13.5. The lowest BCUT2D eigenvalue weighted by molar-refractivity contribution is -0.119. The van der Waals surface area contributed by atoms with Crippen LogP contribution >= 0.6 is 0 Å². The van der Waals surface area contributed by atoms with E-state index in [1.165, 1.54) is 24.3 Å². The third-order valence-corrected chi connectivity index (χ3v) is 7.47. The van der Waals surface area contributed by atoms with Crippen LogP contribution in [0.2, 0.25) is 0 Å². The van der Waals surface area contributed by atoms with Gasteiger partial charge in [0.05, 0.1) is 16.3 Å². The van der Waals surface area contributed by atoms with E-state index in [0.29, 0.717) is 22.5 Å². The molecule has 0 aliphatic rings. The monoisotopic (exact) mass is 544 g/mol. The van der Waals surface area contributed by atoms with Crippen LogP contribution in [0.4, 0.5) is 15.8 Å². The van der Waals surface area contributed by atoms with Gasteiger partial charge in [0.1, 0.15) is 12.4 Å². The van der Waals surface area contributed by atoms with Crippen LogP contribution in [0.15, 0.2) is 119 Å². The average Bonchev–Trinajstić information content (AvgIpc) is 2.96. The van der Waals surface area contributed by atoms with E-state index in [0.717, 1.165) is 16.4 Å². The van der Waals surface area contributed by atoms with Crippen LogP contribution < -0.4 is 15.0 Å². The molecule has 0 bridgehead atoms.